The molecule has 0 bridgehead atoms. The van der Waals surface area contributed by atoms with Crippen LogP contribution in [-0.4, -0.2) is 72.3 Å². The van der Waals surface area contributed by atoms with Crippen LogP contribution in [0.3, 0.4) is 0 Å². The lowest BCUT2D eigenvalue weighted by Crippen LogP contribution is -2.35. The Bertz CT molecular complexity index is 1190. The van der Waals surface area contributed by atoms with Gasteiger partial charge in [0, 0.05) is 45.4 Å². The van der Waals surface area contributed by atoms with Crippen LogP contribution >= 0.6 is 0 Å². The van der Waals surface area contributed by atoms with Crippen LogP contribution in [0.5, 0.6) is 0 Å². The Morgan fingerprint density at radius 3 is 1.59 bits per heavy atom. The van der Waals surface area contributed by atoms with Gasteiger partial charge in [0.1, 0.15) is 30.7 Å². The number of likely N-dealkylation sites (tertiary alicyclic amines) is 1. The summed E-state index contributed by atoms with van der Waals surface area (Å²) in [7, 11) is 0. The van der Waals surface area contributed by atoms with Crippen LogP contribution in [0.4, 0.5) is 9.59 Å². The van der Waals surface area contributed by atoms with Crippen LogP contribution in [0.1, 0.15) is 69.4 Å². The molecule has 2 aliphatic heterocycles. The van der Waals surface area contributed by atoms with E-state index in [0.717, 1.165) is 24.0 Å². The second kappa shape index (κ2) is 19.1. The van der Waals surface area contributed by atoms with Gasteiger partial charge >= 0.3 is 18.2 Å². The lowest BCUT2D eigenvalue weighted by Gasteiger charge is -2.23. The molecule has 2 amide bonds. The van der Waals surface area contributed by atoms with Gasteiger partial charge in [-0.25, -0.2) is 9.59 Å². The molecule has 2 heterocycles. The minimum atomic E-state index is -0.708. The molecule has 2 aromatic rings. The quantitative estimate of drug-likeness (QED) is 0.232. The van der Waals surface area contributed by atoms with Crippen LogP contribution in [0, 0.1) is 5.92 Å². The molecule has 2 aromatic carbocycles. The average Bonchev–Trinajstić information content (AvgIpc) is 3.12. The lowest BCUT2D eigenvalue weighted by atomic mass is 9.96. The number of rotatable bonds is 6. The number of hydrogen-bond acceptors (Lipinski definition) is 8. The van der Waals surface area contributed by atoms with E-state index in [2.05, 4.69) is 0 Å². The number of nitrogens with zero attached hydrogens (tertiary/aromatic N) is 2. The molecule has 0 saturated carbocycles. The predicted molar refractivity (Wildman–Crippen MR) is 163 cm³/mol. The zero-order chi connectivity index (χ0) is 31.6. The first kappa shape index (κ1) is 34.3. The Morgan fingerprint density at radius 1 is 0.659 bits per heavy atom. The SMILES string of the molecule is CCOC(=O)C1CCCN(C(=O)OCc2ccccc2)CCCC1=O.O=C1CCCN(C(=O)OCc2ccccc2)CCC1. The van der Waals surface area contributed by atoms with Gasteiger partial charge in [-0.2, -0.15) is 0 Å². The molecule has 4 rings (SSSR count). The van der Waals surface area contributed by atoms with Gasteiger partial charge in [0.15, 0.2) is 0 Å². The number of amides is 2. The average molecular weight is 609 g/mol. The maximum absolute atomic E-state index is 12.3. The standard InChI is InChI=1S/C19H25NO5.C15H19NO3/c1-2-24-18(22)16-10-6-12-20(13-7-11-17(16)21)19(23)25-14-15-8-4-3-5-9-15;17-14-8-4-10-16(11-5-9-14)15(18)19-12-13-6-2-1-3-7-13/h3-5,8-9,16H,2,6-7,10-14H2,1H3;1-3,6-7H,4-5,8-12H2. The van der Waals surface area contributed by atoms with Gasteiger partial charge in [0.2, 0.25) is 0 Å². The molecule has 2 fully saturated rings. The van der Waals surface area contributed by atoms with Gasteiger partial charge in [-0.1, -0.05) is 60.7 Å². The van der Waals surface area contributed by atoms with E-state index in [1.165, 1.54) is 0 Å². The summed E-state index contributed by atoms with van der Waals surface area (Å²) in [4.78, 5) is 62.9. The summed E-state index contributed by atoms with van der Waals surface area (Å²) in [6.45, 7) is 4.66. The Hall–Kier alpha value is -4.21. The first-order chi connectivity index (χ1) is 21.4. The molecule has 10 nitrogen and oxygen atoms in total. The van der Waals surface area contributed by atoms with Crippen LogP contribution in [0.2, 0.25) is 0 Å². The van der Waals surface area contributed by atoms with Gasteiger partial charge < -0.3 is 24.0 Å². The number of benzene rings is 2. The summed E-state index contributed by atoms with van der Waals surface area (Å²) in [6.07, 6.45) is 3.71. The molecule has 0 aromatic heterocycles. The predicted octanol–water partition coefficient (Wildman–Crippen LogP) is 5.72. The first-order valence-electron chi connectivity index (χ1n) is 15.5. The highest BCUT2D eigenvalue weighted by molar-refractivity contribution is 5.99. The monoisotopic (exact) mass is 608 g/mol. The second-order valence-electron chi connectivity index (χ2n) is 10.8. The largest absolute Gasteiger partial charge is 0.465 e. The van der Waals surface area contributed by atoms with E-state index in [1.54, 1.807) is 16.7 Å². The molecule has 1 unspecified atom stereocenters. The van der Waals surface area contributed by atoms with Crippen molar-refractivity contribution in [1.82, 2.24) is 9.80 Å². The van der Waals surface area contributed by atoms with E-state index < -0.39 is 11.9 Å². The van der Waals surface area contributed by atoms with E-state index in [9.17, 15) is 24.0 Å². The van der Waals surface area contributed by atoms with Crippen molar-refractivity contribution < 1.29 is 38.2 Å². The smallest absolute Gasteiger partial charge is 0.410 e. The van der Waals surface area contributed by atoms with Crippen molar-refractivity contribution in [3.05, 3.63) is 71.8 Å². The number of carbonyl (C=O) groups is 5. The van der Waals surface area contributed by atoms with Crippen LogP contribution in [-0.2, 0) is 41.8 Å². The highest BCUT2D eigenvalue weighted by Crippen LogP contribution is 2.18. The summed E-state index contributed by atoms with van der Waals surface area (Å²) >= 11 is 0. The number of ketones is 2. The van der Waals surface area contributed by atoms with Gasteiger partial charge in [-0.3, -0.25) is 14.4 Å². The minimum Gasteiger partial charge on any atom is -0.465 e. The van der Waals surface area contributed by atoms with Crippen molar-refractivity contribution in [3.8, 4) is 0 Å². The lowest BCUT2D eigenvalue weighted by molar-refractivity contribution is -0.151. The fraction of sp³-hybridized carbons (Fsp3) is 0.500. The molecule has 2 saturated heterocycles. The van der Waals surface area contributed by atoms with Crippen molar-refractivity contribution in [2.45, 2.75) is 71.5 Å². The third kappa shape index (κ3) is 12.2. The highest BCUT2D eigenvalue weighted by atomic mass is 16.6. The minimum absolute atomic E-state index is 0.0991. The zero-order valence-electron chi connectivity index (χ0n) is 25.6. The number of Topliss-reactive ketones (excluding diaryl/α,β-unsaturated/α-hetero) is 2. The van der Waals surface area contributed by atoms with Gasteiger partial charge in [0.25, 0.3) is 0 Å². The molecule has 10 heteroatoms. The van der Waals surface area contributed by atoms with Gasteiger partial charge in [0.05, 0.1) is 6.61 Å². The number of ether oxygens (including phenoxy) is 3. The van der Waals surface area contributed by atoms with Crippen LogP contribution in [0.25, 0.3) is 0 Å². The normalized spacial score (nSPS) is 17.8. The molecule has 1 atom stereocenters. The molecule has 44 heavy (non-hydrogen) atoms. The Kier molecular flexibility index (Phi) is 14.9. The van der Waals surface area contributed by atoms with Gasteiger partial charge in [-0.05, 0) is 50.2 Å². The van der Waals surface area contributed by atoms with Crippen molar-refractivity contribution in [1.29, 1.82) is 0 Å². The van der Waals surface area contributed by atoms with E-state index in [1.807, 2.05) is 60.7 Å². The molecule has 0 spiro atoms. The summed E-state index contributed by atoms with van der Waals surface area (Å²) in [6, 6.07) is 19.1. The third-order valence-corrected chi connectivity index (χ3v) is 7.43. The number of hydrogen-bond donors (Lipinski definition) is 0. The summed E-state index contributed by atoms with van der Waals surface area (Å²) in [5, 5.41) is 0. The Labute approximate surface area is 259 Å². The number of carbonyl (C=O) groups excluding carboxylic acids is 5. The molecule has 0 radical (unpaired) electrons. The third-order valence-electron chi connectivity index (χ3n) is 7.43. The fourth-order valence-electron chi connectivity index (χ4n) is 5.03. The van der Waals surface area contributed by atoms with E-state index in [-0.39, 0.29) is 37.6 Å². The topological polar surface area (TPSA) is 120 Å². The van der Waals surface area contributed by atoms with Crippen molar-refractivity contribution >= 4 is 29.7 Å². The maximum Gasteiger partial charge on any atom is 0.410 e. The first-order valence-corrected chi connectivity index (χ1v) is 15.5. The van der Waals surface area contributed by atoms with Crippen molar-refractivity contribution in [2.24, 2.45) is 5.92 Å². The molecular formula is C34H44N2O8. The Morgan fingerprint density at radius 2 is 1.11 bits per heavy atom. The number of esters is 1. The van der Waals surface area contributed by atoms with Crippen LogP contribution in [0.15, 0.2) is 60.7 Å². The van der Waals surface area contributed by atoms with E-state index >= 15 is 0 Å². The van der Waals surface area contributed by atoms with E-state index in [0.29, 0.717) is 70.7 Å². The Balaban J connectivity index is 0.000000249. The molecule has 0 aliphatic carbocycles. The summed E-state index contributed by atoms with van der Waals surface area (Å²) in [5.41, 5.74) is 1.91. The van der Waals surface area contributed by atoms with Crippen molar-refractivity contribution in [3.63, 3.8) is 0 Å². The molecular weight excluding hydrogens is 564 g/mol. The summed E-state index contributed by atoms with van der Waals surface area (Å²) in [5.74, 6) is -0.955. The summed E-state index contributed by atoms with van der Waals surface area (Å²) < 4.78 is 15.6. The molecule has 2 aliphatic rings. The van der Waals surface area contributed by atoms with E-state index in [4.69, 9.17) is 14.2 Å². The van der Waals surface area contributed by atoms with Gasteiger partial charge in [-0.15, -0.1) is 0 Å². The molecule has 0 N–H and O–H groups in total. The second-order valence-corrected chi connectivity index (χ2v) is 10.8. The molecule has 238 valence electrons. The highest BCUT2D eigenvalue weighted by Gasteiger charge is 2.29. The van der Waals surface area contributed by atoms with Crippen molar-refractivity contribution in [2.75, 3.05) is 32.8 Å². The van der Waals surface area contributed by atoms with Crippen LogP contribution < -0.4 is 0 Å². The fourth-order valence-corrected chi connectivity index (χ4v) is 5.03. The zero-order valence-corrected chi connectivity index (χ0v) is 25.6. The maximum atomic E-state index is 12.3.